The molecule has 2 aliphatic heterocycles. The van der Waals surface area contributed by atoms with Crippen molar-refractivity contribution in [1.29, 1.82) is 0 Å². The summed E-state index contributed by atoms with van der Waals surface area (Å²) in [6.45, 7) is 15.6. The number of aryl methyl sites for hydroxylation is 6. The van der Waals surface area contributed by atoms with Gasteiger partial charge in [0, 0.05) is 11.3 Å². The molecule has 0 saturated heterocycles. The third kappa shape index (κ3) is 6.59. The van der Waals surface area contributed by atoms with Gasteiger partial charge in [-0.2, -0.15) is 0 Å². The van der Waals surface area contributed by atoms with Gasteiger partial charge in [-0.15, -0.1) is 0 Å². The Labute approximate surface area is 363 Å². The number of ether oxygens (including phenoxy) is 1. The van der Waals surface area contributed by atoms with Crippen LogP contribution in [0.25, 0.3) is 50.0 Å². The van der Waals surface area contributed by atoms with E-state index in [0.29, 0.717) is 11.5 Å². The predicted molar refractivity (Wildman–Crippen MR) is 241 cm³/mol. The Balaban J connectivity index is 1.01. The first-order valence-electron chi connectivity index (χ1n) is 21.0. The molecule has 13 rings (SSSR count). The van der Waals surface area contributed by atoms with E-state index in [4.69, 9.17) is 9.72 Å². The topological polar surface area (TPSA) is 36.4 Å². The first-order valence-corrected chi connectivity index (χ1v) is 22.1. The van der Waals surface area contributed by atoms with E-state index in [1.165, 1.54) is 61.3 Å². The summed E-state index contributed by atoms with van der Waals surface area (Å²) in [4.78, 5) is 5.26. The summed E-state index contributed by atoms with van der Waals surface area (Å²) in [5, 5.41) is 2.25. The SMILES string of the molecule is Cc1cc(-n2c3[c-]c(Oc4[c-]c(-n5cc6c7ccc(n6[c]5=[Pt])CCc5ccc(c(C)c5C)CC7)ccc4)ccc3c3ccccc32)nc(C)c1-c1ccc(C(C)(C)C)cc1. The zero-order chi connectivity index (χ0) is 41.4. The minimum Gasteiger partial charge on any atom is -0.0579 e. The summed E-state index contributed by atoms with van der Waals surface area (Å²) in [6, 6.07) is 46.6. The van der Waals surface area contributed by atoms with Gasteiger partial charge < -0.3 is 0 Å². The quantitative estimate of drug-likeness (QED) is 0.161. The van der Waals surface area contributed by atoms with Crippen LogP contribution in [-0.2, 0) is 50.5 Å². The van der Waals surface area contributed by atoms with Crippen LogP contribution >= 0.6 is 0 Å². The molecule has 9 aromatic rings. The second-order valence-corrected chi connectivity index (χ2v) is 18.5. The smallest absolute Gasteiger partial charge is 0.0579 e. The molecule has 0 unspecified atom stereocenters. The molecule has 0 saturated carbocycles. The van der Waals surface area contributed by atoms with E-state index in [-0.39, 0.29) is 5.41 Å². The molecular formula is C54H48N4OPt-2. The Morgan fingerprint density at radius 3 is 2.12 bits per heavy atom. The fraction of sp³-hybridized carbons (Fsp3) is 0.222. The number of para-hydroxylation sites is 1. The van der Waals surface area contributed by atoms with E-state index >= 15 is 0 Å². The molecular weight excluding hydrogens is 916 g/mol. The van der Waals surface area contributed by atoms with Crippen molar-refractivity contribution in [2.45, 2.75) is 79.6 Å². The number of benzene rings is 5. The Morgan fingerprint density at radius 2 is 1.37 bits per heavy atom. The molecule has 5 aromatic carbocycles. The average Bonchev–Trinajstić information content (AvgIpc) is 3.75. The first-order chi connectivity index (χ1) is 28.9. The Hall–Kier alpha value is -5.77. The van der Waals surface area contributed by atoms with E-state index in [9.17, 15) is 0 Å². The fourth-order valence-electron chi connectivity index (χ4n) is 9.28. The predicted octanol–water partition coefficient (Wildman–Crippen LogP) is 12.8. The van der Waals surface area contributed by atoms with Crippen LogP contribution in [0.4, 0.5) is 0 Å². The molecule has 302 valence electrons. The van der Waals surface area contributed by atoms with Crippen molar-refractivity contribution in [3.05, 3.63) is 182 Å². The van der Waals surface area contributed by atoms with Gasteiger partial charge in [0.25, 0.3) is 0 Å². The van der Waals surface area contributed by atoms with E-state index < -0.39 is 0 Å². The number of aromatic nitrogens is 4. The van der Waals surface area contributed by atoms with Gasteiger partial charge in [0.15, 0.2) is 0 Å². The van der Waals surface area contributed by atoms with Crippen LogP contribution in [0.3, 0.4) is 0 Å². The summed E-state index contributed by atoms with van der Waals surface area (Å²) in [5.41, 5.74) is 18.6. The molecule has 0 atom stereocenters. The monoisotopic (exact) mass is 963 g/mol. The summed E-state index contributed by atoms with van der Waals surface area (Å²) >= 11 is 2.48. The van der Waals surface area contributed by atoms with Crippen molar-refractivity contribution >= 4 is 27.3 Å². The van der Waals surface area contributed by atoms with Gasteiger partial charge in [-0.25, -0.2) is 0 Å². The molecule has 0 N–H and O–H groups in total. The number of fused-ring (bicyclic) bond motifs is 3. The van der Waals surface area contributed by atoms with Crippen LogP contribution in [0.1, 0.15) is 71.1 Å². The summed E-state index contributed by atoms with van der Waals surface area (Å²) in [7, 11) is 0. The maximum atomic E-state index is 6.63. The van der Waals surface area contributed by atoms with E-state index in [2.05, 4.69) is 191 Å². The van der Waals surface area contributed by atoms with Crippen LogP contribution in [0.2, 0.25) is 0 Å². The van der Waals surface area contributed by atoms with Gasteiger partial charge in [-0.3, -0.25) is 0 Å². The van der Waals surface area contributed by atoms with Crippen molar-refractivity contribution < 1.29 is 24.1 Å². The van der Waals surface area contributed by atoms with Crippen LogP contribution in [0.5, 0.6) is 11.5 Å². The standard InChI is InChI=1S/C54H48N4O.Pt/c1-34-29-52(55-37(4)53(34)41-19-23-42(24-20-41)54(5,6)7)58-49-14-9-8-13-47(49)48-28-27-46(31-50(48)58)59-45-12-10-11-44(30-45)56-32-51-40-18-17-38-15-16-39(36(3)35(38)2)21-25-43(26-22-40)57(51)33-56;/h8-16,19-20,22-24,26-29,32H,17-18,21,25H2,1-7H3;/q-2;. The minimum atomic E-state index is 0.100. The van der Waals surface area contributed by atoms with Crippen LogP contribution in [0, 0.1) is 43.6 Å². The molecule has 6 heterocycles. The third-order valence-electron chi connectivity index (χ3n) is 12.7. The van der Waals surface area contributed by atoms with Gasteiger partial charge in [0.2, 0.25) is 0 Å². The van der Waals surface area contributed by atoms with Gasteiger partial charge in [0.05, 0.1) is 0 Å². The molecule has 2 aliphatic carbocycles. The van der Waals surface area contributed by atoms with Crippen molar-refractivity contribution in [1.82, 2.24) is 18.5 Å². The van der Waals surface area contributed by atoms with Gasteiger partial charge in [-0.05, 0) is 36.0 Å². The molecule has 0 amide bonds. The number of nitrogens with zero attached hydrogens (tertiary/aromatic N) is 4. The number of pyridine rings is 2. The molecule has 4 bridgehead atoms. The molecule has 4 aromatic heterocycles. The molecule has 0 fully saturated rings. The minimum absolute atomic E-state index is 0.100. The van der Waals surface area contributed by atoms with Crippen LogP contribution in [-0.4, -0.2) is 18.5 Å². The molecule has 0 spiro atoms. The molecule has 60 heavy (non-hydrogen) atoms. The van der Waals surface area contributed by atoms with Gasteiger partial charge in [0.1, 0.15) is 0 Å². The van der Waals surface area contributed by atoms with Gasteiger partial charge in [-0.1, -0.05) is 57.2 Å². The Kier molecular flexibility index (Phi) is 9.45. The summed E-state index contributed by atoms with van der Waals surface area (Å²) in [6.07, 6.45) is 6.26. The number of rotatable bonds is 5. The Morgan fingerprint density at radius 1 is 0.667 bits per heavy atom. The molecule has 5 nitrogen and oxygen atoms in total. The van der Waals surface area contributed by atoms with Gasteiger partial charge >= 0.3 is 261 Å². The number of hydrogen-bond acceptors (Lipinski definition) is 2. The zero-order valence-corrected chi connectivity index (χ0v) is 37.6. The first kappa shape index (κ1) is 38.4. The van der Waals surface area contributed by atoms with E-state index in [0.717, 1.165) is 68.5 Å². The van der Waals surface area contributed by atoms with Crippen molar-refractivity contribution in [2.24, 2.45) is 0 Å². The third-order valence-corrected chi connectivity index (χ3v) is 13.8. The van der Waals surface area contributed by atoms with Crippen molar-refractivity contribution in [3.8, 4) is 34.1 Å². The Bertz CT molecular complexity index is 3200. The van der Waals surface area contributed by atoms with E-state index in [1.807, 2.05) is 18.2 Å². The normalized spacial score (nSPS) is 13.1. The van der Waals surface area contributed by atoms with E-state index in [1.54, 1.807) is 0 Å². The fourth-order valence-corrected chi connectivity index (χ4v) is 10.3. The number of imidazole rings is 1. The number of hydrogen-bond donors (Lipinski definition) is 0. The maximum absolute atomic E-state index is 6.63. The second kappa shape index (κ2) is 14.7. The van der Waals surface area contributed by atoms with Crippen molar-refractivity contribution in [2.75, 3.05) is 0 Å². The molecule has 6 heteroatoms. The zero-order valence-electron chi connectivity index (χ0n) is 35.3. The molecule has 0 radical (unpaired) electrons. The van der Waals surface area contributed by atoms with Crippen molar-refractivity contribution in [3.63, 3.8) is 0 Å². The second-order valence-electron chi connectivity index (χ2n) is 17.5. The average molecular weight is 964 g/mol. The van der Waals surface area contributed by atoms with Crippen LogP contribution < -0.4 is 4.74 Å². The van der Waals surface area contributed by atoms with Crippen LogP contribution in [0.15, 0.2) is 115 Å². The molecule has 4 aliphatic rings. The summed E-state index contributed by atoms with van der Waals surface area (Å²) in [5.74, 6) is 2.12. The summed E-state index contributed by atoms with van der Waals surface area (Å²) < 4.78 is 14.7.